The number of amides is 1. The van der Waals surface area contributed by atoms with Crippen molar-refractivity contribution in [1.29, 1.82) is 0 Å². The van der Waals surface area contributed by atoms with E-state index in [1.54, 1.807) is 12.5 Å². The second-order valence-electron chi connectivity index (χ2n) is 4.23. The van der Waals surface area contributed by atoms with Crippen molar-refractivity contribution in [3.8, 4) is 0 Å². The van der Waals surface area contributed by atoms with Gasteiger partial charge in [0.1, 0.15) is 0 Å². The summed E-state index contributed by atoms with van der Waals surface area (Å²) in [7, 11) is 0. The molecule has 1 saturated heterocycles. The molecule has 0 atom stereocenters. The van der Waals surface area contributed by atoms with E-state index in [-0.39, 0.29) is 5.91 Å². The maximum atomic E-state index is 11.4. The molecule has 0 aliphatic carbocycles. The zero-order chi connectivity index (χ0) is 11.2. The van der Waals surface area contributed by atoms with E-state index >= 15 is 0 Å². The normalized spacial score (nSPS) is 15.8. The van der Waals surface area contributed by atoms with Crippen LogP contribution in [0.25, 0.3) is 0 Å². The monoisotopic (exact) mass is 222 g/mol. The molecule has 2 N–H and O–H groups in total. The molecular formula is C11H18N4O. The second-order valence-corrected chi connectivity index (χ2v) is 4.23. The fraction of sp³-hybridized carbons (Fsp3) is 0.636. The van der Waals surface area contributed by atoms with Crippen molar-refractivity contribution < 1.29 is 4.79 Å². The molecule has 0 spiro atoms. The Kier molecular flexibility index (Phi) is 3.93. The van der Waals surface area contributed by atoms with Crippen LogP contribution in [-0.4, -0.2) is 35.1 Å². The fourth-order valence-electron chi connectivity index (χ4n) is 1.74. The molecule has 2 rings (SSSR count). The Bertz CT molecular complexity index is 319. The molecular weight excluding hydrogens is 204 g/mol. The largest absolute Gasteiger partial charge is 0.356 e. The van der Waals surface area contributed by atoms with Crippen LogP contribution in [0, 0.1) is 5.92 Å². The van der Waals surface area contributed by atoms with Crippen LogP contribution in [-0.2, 0) is 11.3 Å². The van der Waals surface area contributed by atoms with Crippen molar-refractivity contribution >= 4 is 5.91 Å². The summed E-state index contributed by atoms with van der Waals surface area (Å²) in [5.41, 5.74) is 0. The van der Waals surface area contributed by atoms with Crippen LogP contribution >= 0.6 is 0 Å². The van der Waals surface area contributed by atoms with Crippen molar-refractivity contribution in [3.63, 3.8) is 0 Å². The number of nitrogens with one attached hydrogen (secondary N) is 2. The lowest BCUT2D eigenvalue weighted by Crippen LogP contribution is -2.44. The maximum Gasteiger partial charge on any atom is 0.220 e. The van der Waals surface area contributed by atoms with Crippen molar-refractivity contribution in [2.75, 3.05) is 19.6 Å². The average molecular weight is 222 g/mol. The molecule has 0 radical (unpaired) electrons. The summed E-state index contributed by atoms with van der Waals surface area (Å²) >= 11 is 0. The van der Waals surface area contributed by atoms with Crippen LogP contribution < -0.4 is 10.6 Å². The highest BCUT2D eigenvalue weighted by Crippen LogP contribution is 2.07. The predicted molar refractivity (Wildman–Crippen MR) is 60.8 cm³/mol. The maximum absolute atomic E-state index is 11.4. The van der Waals surface area contributed by atoms with E-state index in [4.69, 9.17) is 0 Å². The van der Waals surface area contributed by atoms with Gasteiger partial charge in [-0.1, -0.05) is 0 Å². The number of carbonyl (C=O) groups is 1. The molecule has 0 bridgehead atoms. The first-order valence-electron chi connectivity index (χ1n) is 5.78. The third kappa shape index (κ3) is 3.34. The zero-order valence-electron chi connectivity index (χ0n) is 9.35. The van der Waals surface area contributed by atoms with E-state index in [0.29, 0.717) is 12.3 Å². The standard InChI is InChI=1S/C11H18N4O/c16-11(6-10-7-13-8-10)14-2-1-4-15-5-3-12-9-15/h3,5,9-10,13H,1-2,4,6-8H2,(H,14,16). The molecule has 1 aliphatic heterocycles. The molecule has 1 aromatic heterocycles. The minimum Gasteiger partial charge on any atom is -0.356 e. The Labute approximate surface area is 95.2 Å². The van der Waals surface area contributed by atoms with Gasteiger partial charge in [0, 0.05) is 31.9 Å². The molecule has 5 nitrogen and oxygen atoms in total. The lowest BCUT2D eigenvalue weighted by molar-refractivity contribution is -0.122. The first kappa shape index (κ1) is 11.1. The summed E-state index contributed by atoms with van der Waals surface area (Å²) in [6, 6.07) is 0. The molecule has 2 heterocycles. The molecule has 5 heteroatoms. The van der Waals surface area contributed by atoms with Gasteiger partial charge < -0.3 is 15.2 Å². The molecule has 1 aliphatic rings. The van der Waals surface area contributed by atoms with Gasteiger partial charge in [-0.3, -0.25) is 4.79 Å². The van der Waals surface area contributed by atoms with Crippen LogP contribution in [0.5, 0.6) is 0 Å². The second kappa shape index (κ2) is 5.65. The SMILES string of the molecule is O=C(CC1CNC1)NCCCn1ccnc1. The number of carbonyl (C=O) groups excluding carboxylic acids is 1. The lowest BCUT2D eigenvalue weighted by Gasteiger charge is -2.26. The Morgan fingerprint density at radius 1 is 1.56 bits per heavy atom. The summed E-state index contributed by atoms with van der Waals surface area (Å²) in [5, 5.41) is 6.11. The summed E-state index contributed by atoms with van der Waals surface area (Å²) in [4.78, 5) is 15.4. The van der Waals surface area contributed by atoms with E-state index in [2.05, 4.69) is 15.6 Å². The highest BCUT2D eigenvalue weighted by atomic mass is 16.1. The van der Waals surface area contributed by atoms with Crippen LogP contribution in [0.1, 0.15) is 12.8 Å². The number of nitrogens with zero attached hydrogens (tertiary/aromatic N) is 2. The smallest absolute Gasteiger partial charge is 0.220 e. The molecule has 1 fully saturated rings. The van der Waals surface area contributed by atoms with Gasteiger partial charge >= 0.3 is 0 Å². The Morgan fingerprint density at radius 3 is 3.06 bits per heavy atom. The Hall–Kier alpha value is -1.36. The number of imidazole rings is 1. The first-order chi connectivity index (χ1) is 7.84. The summed E-state index contributed by atoms with van der Waals surface area (Å²) in [6.07, 6.45) is 7.11. The van der Waals surface area contributed by atoms with Gasteiger partial charge in [0.25, 0.3) is 0 Å². The van der Waals surface area contributed by atoms with Crippen LogP contribution in [0.3, 0.4) is 0 Å². The van der Waals surface area contributed by atoms with Gasteiger partial charge in [0.05, 0.1) is 6.33 Å². The number of rotatable bonds is 6. The molecule has 1 amide bonds. The Balaban J connectivity index is 1.52. The van der Waals surface area contributed by atoms with Gasteiger partial charge in [0.2, 0.25) is 5.91 Å². The van der Waals surface area contributed by atoms with Gasteiger partial charge in [-0.05, 0) is 25.4 Å². The molecule has 0 saturated carbocycles. The van der Waals surface area contributed by atoms with Crippen molar-refractivity contribution in [3.05, 3.63) is 18.7 Å². The van der Waals surface area contributed by atoms with Crippen LogP contribution in [0.15, 0.2) is 18.7 Å². The molecule has 0 aromatic carbocycles. The van der Waals surface area contributed by atoms with Gasteiger partial charge in [0.15, 0.2) is 0 Å². The van der Waals surface area contributed by atoms with Crippen molar-refractivity contribution in [1.82, 2.24) is 20.2 Å². The van der Waals surface area contributed by atoms with Crippen molar-refractivity contribution in [2.24, 2.45) is 5.92 Å². The number of hydrogen-bond donors (Lipinski definition) is 2. The van der Waals surface area contributed by atoms with E-state index in [9.17, 15) is 4.79 Å². The van der Waals surface area contributed by atoms with Crippen LogP contribution in [0.2, 0.25) is 0 Å². The number of aryl methyl sites for hydroxylation is 1. The number of aromatic nitrogens is 2. The summed E-state index contributed by atoms with van der Waals surface area (Å²) < 4.78 is 2.02. The van der Waals surface area contributed by atoms with E-state index in [1.807, 2.05) is 10.8 Å². The first-order valence-corrected chi connectivity index (χ1v) is 5.78. The molecule has 16 heavy (non-hydrogen) atoms. The van der Waals surface area contributed by atoms with Gasteiger partial charge in [-0.15, -0.1) is 0 Å². The van der Waals surface area contributed by atoms with Crippen LogP contribution in [0.4, 0.5) is 0 Å². The van der Waals surface area contributed by atoms with E-state index < -0.39 is 0 Å². The molecule has 0 unspecified atom stereocenters. The quantitative estimate of drug-likeness (QED) is 0.666. The fourth-order valence-corrected chi connectivity index (χ4v) is 1.74. The third-order valence-corrected chi connectivity index (χ3v) is 2.81. The third-order valence-electron chi connectivity index (χ3n) is 2.81. The summed E-state index contributed by atoms with van der Waals surface area (Å²) in [5.74, 6) is 0.728. The highest BCUT2D eigenvalue weighted by Gasteiger charge is 2.19. The zero-order valence-corrected chi connectivity index (χ0v) is 9.35. The van der Waals surface area contributed by atoms with Crippen molar-refractivity contribution in [2.45, 2.75) is 19.4 Å². The van der Waals surface area contributed by atoms with E-state index in [1.165, 1.54) is 0 Å². The lowest BCUT2D eigenvalue weighted by atomic mass is 9.99. The summed E-state index contributed by atoms with van der Waals surface area (Å²) in [6.45, 7) is 3.63. The predicted octanol–water partition coefficient (Wildman–Crippen LogP) is -0.00110. The minimum absolute atomic E-state index is 0.178. The van der Waals surface area contributed by atoms with E-state index in [0.717, 1.165) is 32.6 Å². The molecule has 1 aromatic rings. The topological polar surface area (TPSA) is 59.0 Å². The van der Waals surface area contributed by atoms with Gasteiger partial charge in [-0.25, -0.2) is 4.98 Å². The Morgan fingerprint density at radius 2 is 2.44 bits per heavy atom. The molecule has 88 valence electrons. The average Bonchev–Trinajstić information content (AvgIpc) is 2.71. The number of hydrogen-bond acceptors (Lipinski definition) is 3. The highest BCUT2D eigenvalue weighted by molar-refractivity contribution is 5.76. The minimum atomic E-state index is 0.178. The van der Waals surface area contributed by atoms with Gasteiger partial charge in [-0.2, -0.15) is 0 Å².